The van der Waals surface area contributed by atoms with E-state index in [9.17, 15) is 9.90 Å². The van der Waals surface area contributed by atoms with Gasteiger partial charge in [-0.25, -0.2) is 5.43 Å². The van der Waals surface area contributed by atoms with Crippen LogP contribution in [-0.4, -0.2) is 32.2 Å². The van der Waals surface area contributed by atoms with E-state index in [1.807, 2.05) is 91.0 Å². The van der Waals surface area contributed by atoms with E-state index in [1.165, 1.54) is 4.80 Å². The first-order valence-electron chi connectivity index (χ1n) is 10.8. The molecule has 0 atom stereocenters. The Hall–Kier alpha value is -4.78. The zero-order valence-electron chi connectivity index (χ0n) is 18.2. The summed E-state index contributed by atoms with van der Waals surface area (Å²) < 4.78 is 0. The van der Waals surface area contributed by atoms with Gasteiger partial charge in [-0.3, -0.25) is 4.79 Å². The van der Waals surface area contributed by atoms with Crippen LogP contribution in [0, 0.1) is 0 Å². The minimum absolute atomic E-state index is 0.167. The maximum absolute atomic E-state index is 13.0. The van der Waals surface area contributed by atoms with Crippen LogP contribution in [0.5, 0.6) is 5.75 Å². The van der Waals surface area contributed by atoms with Crippen molar-refractivity contribution >= 4 is 22.9 Å². The smallest absolute Gasteiger partial charge is 0.294 e. The number of aromatic hydroxyl groups is 1. The van der Waals surface area contributed by atoms with Crippen LogP contribution in [0.2, 0.25) is 0 Å². The third kappa shape index (κ3) is 4.27. The SMILES string of the molecule is O=C(N/N=C/Cc1c(O)ccc2ccccc12)c1nn(-c2ccccc2)nc1-c1ccccc1. The summed E-state index contributed by atoms with van der Waals surface area (Å²) in [4.78, 5) is 14.4. The molecule has 7 heteroatoms. The molecule has 166 valence electrons. The molecule has 4 aromatic carbocycles. The van der Waals surface area contributed by atoms with Crippen LogP contribution < -0.4 is 5.43 Å². The molecule has 5 aromatic rings. The highest BCUT2D eigenvalue weighted by Crippen LogP contribution is 2.27. The first-order valence-corrected chi connectivity index (χ1v) is 10.8. The maximum atomic E-state index is 13.0. The van der Waals surface area contributed by atoms with Crippen LogP contribution in [0.4, 0.5) is 0 Å². The summed E-state index contributed by atoms with van der Waals surface area (Å²) in [7, 11) is 0. The molecule has 7 nitrogen and oxygen atoms in total. The number of carbonyl (C=O) groups excluding carboxylic acids is 1. The lowest BCUT2D eigenvalue weighted by Crippen LogP contribution is -2.19. The molecular weight excluding hydrogens is 426 g/mol. The van der Waals surface area contributed by atoms with Crippen molar-refractivity contribution < 1.29 is 9.90 Å². The number of hydrazone groups is 1. The molecule has 0 fully saturated rings. The molecule has 1 aromatic heterocycles. The zero-order valence-corrected chi connectivity index (χ0v) is 18.2. The molecule has 0 aliphatic heterocycles. The molecule has 0 spiro atoms. The zero-order chi connectivity index (χ0) is 23.3. The lowest BCUT2D eigenvalue weighted by atomic mass is 10.0. The van der Waals surface area contributed by atoms with Crippen molar-refractivity contribution in [1.82, 2.24) is 20.4 Å². The number of phenolic OH excluding ortho intramolecular Hbond substituents is 1. The summed E-state index contributed by atoms with van der Waals surface area (Å²) in [5.74, 6) is -0.284. The Bertz CT molecular complexity index is 1480. The topological polar surface area (TPSA) is 92.4 Å². The van der Waals surface area contributed by atoms with Crippen LogP contribution in [0.1, 0.15) is 16.1 Å². The van der Waals surface area contributed by atoms with E-state index in [1.54, 1.807) is 12.3 Å². The quantitative estimate of drug-likeness (QED) is 0.290. The number of nitrogens with zero attached hydrogens (tertiary/aromatic N) is 4. The Morgan fingerprint density at radius 3 is 2.38 bits per heavy atom. The minimum Gasteiger partial charge on any atom is -0.508 e. The lowest BCUT2D eigenvalue weighted by molar-refractivity contribution is 0.0950. The number of hydrogen-bond donors (Lipinski definition) is 2. The summed E-state index contributed by atoms with van der Waals surface area (Å²) in [6.07, 6.45) is 1.92. The fraction of sp³-hybridized carbons (Fsp3) is 0.0370. The van der Waals surface area contributed by atoms with Gasteiger partial charge in [-0.05, 0) is 29.0 Å². The number of rotatable bonds is 6. The van der Waals surface area contributed by atoms with Gasteiger partial charge in [0.15, 0.2) is 5.69 Å². The fourth-order valence-corrected chi connectivity index (χ4v) is 3.76. The predicted molar refractivity (Wildman–Crippen MR) is 132 cm³/mol. The molecule has 2 N–H and O–H groups in total. The number of phenols is 1. The van der Waals surface area contributed by atoms with Crippen LogP contribution in [-0.2, 0) is 6.42 Å². The van der Waals surface area contributed by atoms with Crippen molar-refractivity contribution in [3.8, 4) is 22.7 Å². The Kier molecular flexibility index (Phi) is 5.82. The number of nitrogens with one attached hydrogen (secondary N) is 1. The van der Waals surface area contributed by atoms with E-state index < -0.39 is 5.91 Å². The average molecular weight is 447 g/mol. The van der Waals surface area contributed by atoms with Crippen molar-refractivity contribution in [1.29, 1.82) is 0 Å². The highest BCUT2D eigenvalue weighted by atomic mass is 16.3. The van der Waals surface area contributed by atoms with E-state index in [0.717, 1.165) is 27.6 Å². The van der Waals surface area contributed by atoms with E-state index in [0.29, 0.717) is 12.1 Å². The van der Waals surface area contributed by atoms with Crippen LogP contribution in [0.3, 0.4) is 0 Å². The number of para-hydroxylation sites is 1. The lowest BCUT2D eigenvalue weighted by Gasteiger charge is -2.06. The normalized spacial score (nSPS) is 11.2. The Morgan fingerprint density at radius 2 is 1.59 bits per heavy atom. The molecule has 0 saturated carbocycles. The second kappa shape index (κ2) is 9.38. The molecular formula is C27H21N5O2. The van der Waals surface area contributed by atoms with Gasteiger partial charge < -0.3 is 5.11 Å². The highest BCUT2D eigenvalue weighted by Gasteiger charge is 2.20. The maximum Gasteiger partial charge on any atom is 0.294 e. The van der Waals surface area contributed by atoms with Gasteiger partial charge in [-0.1, -0.05) is 78.9 Å². The number of carbonyl (C=O) groups is 1. The largest absolute Gasteiger partial charge is 0.508 e. The number of amides is 1. The van der Waals surface area contributed by atoms with Gasteiger partial charge in [0.2, 0.25) is 0 Å². The molecule has 0 radical (unpaired) electrons. The summed E-state index contributed by atoms with van der Waals surface area (Å²) in [5.41, 5.74) is 5.44. The van der Waals surface area contributed by atoms with Gasteiger partial charge in [0.25, 0.3) is 5.91 Å². The van der Waals surface area contributed by atoms with Crippen molar-refractivity contribution in [2.45, 2.75) is 6.42 Å². The monoisotopic (exact) mass is 447 g/mol. The number of benzene rings is 4. The van der Waals surface area contributed by atoms with Gasteiger partial charge in [0.1, 0.15) is 11.4 Å². The molecule has 0 unspecified atom stereocenters. The summed E-state index contributed by atoms with van der Waals surface area (Å²) in [6.45, 7) is 0. The van der Waals surface area contributed by atoms with E-state index in [4.69, 9.17) is 0 Å². The van der Waals surface area contributed by atoms with Gasteiger partial charge >= 0.3 is 0 Å². The summed E-state index contributed by atoms with van der Waals surface area (Å²) in [6, 6.07) is 30.2. The van der Waals surface area contributed by atoms with Gasteiger partial charge in [0.05, 0.1) is 5.69 Å². The molecule has 0 saturated heterocycles. The first-order chi connectivity index (χ1) is 16.7. The Morgan fingerprint density at radius 1 is 0.882 bits per heavy atom. The summed E-state index contributed by atoms with van der Waals surface area (Å²) >= 11 is 0. The molecule has 1 amide bonds. The first kappa shape index (κ1) is 21.1. The summed E-state index contributed by atoms with van der Waals surface area (Å²) in [5, 5.41) is 25.3. The molecule has 0 aliphatic rings. The Balaban J connectivity index is 1.39. The second-order valence-corrected chi connectivity index (χ2v) is 7.63. The van der Waals surface area contributed by atoms with E-state index in [-0.39, 0.29) is 11.4 Å². The van der Waals surface area contributed by atoms with E-state index >= 15 is 0 Å². The third-order valence-electron chi connectivity index (χ3n) is 5.43. The van der Waals surface area contributed by atoms with Crippen molar-refractivity contribution in [2.75, 3.05) is 0 Å². The number of fused-ring (bicyclic) bond motifs is 1. The highest BCUT2D eigenvalue weighted by molar-refractivity contribution is 5.98. The Labute approximate surface area is 196 Å². The third-order valence-corrected chi connectivity index (χ3v) is 5.43. The fourth-order valence-electron chi connectivity index (χ4n) is 3.76. The van der Waals surface area contributed by atoms with Crippen LogP contribution in [0.15, 0.2) is 102 Å². The average Bonchev–Trinajstić information content (AvgIpc) is 3.34. The minimum atomic E-state index is -0.473. The molecule has 1 heterocycles. The van der Waals surface area contributed by atoms with Crippen molar-refractivity contribution in [2.24, 2.45) is 5.10 Å². The molecule has 34 heavy (non-hydrogen) atoms. The number of aromatic nitrogens is 3. The van der Waals surface area contributed by atoms with Crippen LogP contribution >= 0.6 is 0 Å². The standard InChI is InChI=1S/C27H21N5O2/c33-24-16-15-19-9-7-8-14-22(19)23(24)17-18-28-29-27(34)26-25(20-10-3-1-4-11-20)30-32(31-26)21-12-5-2-6-13-21/h1-16,18,33H,17H2,(H,29,34)/b28-18+. The van der Waals surface area contributed by atoms with Gasteiger partial charge in [-0.15, -0.1) is 10.2 Å². The number of hydrogen-bond acceptors (Lipinski definition) is 5. The van der Waals surface area contributed by atoms with Gasteiger partial charge in [0, 0.05) is 23.8 Å². The van der Waals surface area contributed by atoms with Crippen molar-refractivity contribution in [3.63, 3.8) is 0 Å². The van der Waals surface area contributed by atoms with Gasteiger partial charge in [-0.2, -0.15) is 9.90 Å². The molecule has 0 aliphatic carbocycles. The van der Waals surface area contributed by atoms with Crippen LogP contribution in [0.25, 0.3) is 27.7 Å². The predicted octanol–water partition coefficient (Wildman–Crippen LogP) is 4.75. The van der Waals surface area contributed by atoms with Crippen molar-refractivity contribution in [3.05, 3.63) is 108 Å². The second-order valence-electron chi connectivity index (χ2n) is 7.63. The molecule has 5 rings (SSSR count). The van der Waals surface area contributed by atoms with E-state index in [2.05, 4.69) is 20.7 Å². The molecule has 0 bridgehead atoms.